The van der Waals surface area contributed by atoms with E-state index >= 15 is 0 Å². The van der Waals surface area contributed by atoms with Gasteiger partial charge in [0.15, 0.2) is 11.5 Å². The van der Waals surface area contributed by atoms with Crippen molar-refractivity contribution in [1.82, 2.24) is 4.98 Å². The lowest BCUT2D eigenvalue weighted by Crippen LogP contribution is -2.11. The highest BCUT2D eigenvalue weighted by molar-refractivity contribution is 9.09. The van der Waals surface area contributed by atoms with Crippen molar-refractivity contribution < 1.29 is 14.3 Å². The second kappa shape index (κ2) is 6.99. The molecule has 90 valence electrons. The smallest absolute Gasteiger partial charge is 0.195 e. The van der Waals surface area contributed by atoms with Crippen LogP contribution < -0.4 is 4.74 Å². The summed E-state index contributed by atoms with van der Waals surface area (Å²) in [5.74, 6) is 0.139. The number of ketones is 1. The fourth-order valence-electron chi connectivity index (χ4n) is 1.12. The van der Waals surface area contributed by atoms with Gasteiger partial charge < -0.3 is 9.47 Å². The predicted octanol–water partition coefficient (Wildman–Crippen LogP) is 1.56. The Morgan fingerprint density at radius 2 is 2.29 bits per heavy atom. The summed E-state index contributed by atoms with van der Waals surface area (Å²) in [7, 11) is 1.56. The van der Waals surface area contributed by atoms with Crippen molar-refractivity contribution in [3.8, 4) is 11.8 Å². The molecule has 0 atom stereocenters. The Morgan fingerprint density at radius 3 is 2.88 bits per heavy atom. The topological polar surface area (TPSA) is 72.2 Å². The third-order valence-corrected chi connectivity index (χ3v) is 2.41. The van der Waals surface area contributed by atoms with Crippen LogP contribution in [0.2, 0.25) is 0 Å². The Labute approximate surface area is 107 Å². The van der Waals surface area contributed by atoms with Crippen LogP contribution in [-0.4, -0.2) is 36.4 Å². The second-order valence-corrected chi connectivity index (χ2v) is 3.61. The van der Waals surface area contributed by atoms with Gasteiger partial charge in [0.25, 0.3) is 0 Å². The van der Waals surface area contributed by atoms with Crippen LogP contribution >= 0.6 is 15.9 Å². The van der Waals surface area contributed by atoms with E-state index in [1.165, 1.54) is 6.07 Å². The molecule has 17 heavy (non-hydrogen) atoms. The summed E-state index contributed by atoms with van der Waals surface area (Å²) in [4.78, 5) is 15.5. The maximum Gasteiger partial charge on any atom is 0.195 e. The fourth-order valence-corrected chi connectivity index (χ4v) is 1.39. The summed E-state index contributed by atoms with van der Waals surface area (Å²) in [6, 6.07) is 4.96. The number of alkyl halides is 1. The highest BCUT2D eigenvalue weighted by atomic mass is 79.9. The summed E-state index contributed by atoms with van der Waals surface area (Å²) >= 11 is 3.06. The van der Waals surface area contributed by atoms with Gasteiger partial charge in [0.2, 0.25) is 0 Å². The summed E-state index contributed by atoms with van der Waals surface area (Å²) in [6.07, 6.45) is 0. The molecule has 1 heterocycles. The van der Waals surface area contributed by atoms with Crippen LogP contribution in [0.3, 0.4) is 0 Å². The zero-order valence-electron chi connectivity index (χ0n) is 9.27. The maximum absolute atomic E-state index is 11.6. The van der Waals surface area contributed by atoms with E-state index in [1.807, 2.05) is 6.07 Å². The number of nitrogens with zero attached hydrogens (tertiary/aromatic N) is 2. The molecule has 0 unspecified atom stereocenters. The largest absolute Gasteiger partial charge is 0.489 e. The number of methoxy groups -OCH3 is 1. The normalized spacial score (nSPS) is 9.71. The van der Waals surface area contributed by atoms with Gasteiger partial charge in [0.1, 0.15) is 24.1 Å². The highest BCUT2D eigenvalue weighted by Gasteiger charge is 2.14. The van der Waals surface area contributed by atoms with Gasteiger partial charge in [-0.15, -0.1) is 0 Å². The van der Waals surface area contributed by atoms with Crippen LogP contribution in [0, 0.1) is 11.3 Å². The van der Waals surface area contributed by atoms with E-state index in [0.717, 1.165) is 0 Å². The average Bonchev–Trinajstić information content (AvgIpc) is 2.38. The lowest BCUT2D eigenvalue weighted by Gasteiger charge is -2.09. The molecule has 0 saturated heterocycles. The van der Waals surface area contributed by atoms with Gasteiger partial charge in [-0.3, -0.25) is 4.79 Å². The summed E-state index contributed by atoms with van der Waals surface area (Å²) < 4.78 is 10.2. The highest BCUT2D eigenvalue weighted by Crippen LogP contribution is 2.18. The van der Waals surface area contributed by atoms with Crippen molar-refractivity contribution in [3.63, 3.8) is 0 Å². The zero-order valence-corrected chi connectivity index (χ0v) is 10.9. The van der Waals surface area contributed by atoms with Crippen molar-refractivity contribution in [2.75, 3.05) is 25.7 Å². The van der Waals surface area contributed by atoms with Crippen molar-refractivity contribution in [3.05, 3.63) is 23.5 Å². The molecule has 0 fully saturated rings. The van der Waals surface area contributed by atoms with Crippen LogP contribution in [0.4, 0.5) is 0 Å². The summed E-state index contributed by atoms with van der Waals surface area (Å²) in [5.41, 5.74) is 0.352. The number of ether oxygens (including phenoxy) is 2. The van der Waals surface area contributed by atoms with Crippen molar-refractivity contribution >= 4 is 21.7 Å². The number of Topliss-reactive ketones (excluding diaryl/α,β-unsaturated/α-hetero) is 1. The third kappa shape index (κ3) is 3.80. The second-order valence-electron chi connectivity index (χ2n) is 3.05. The molecule has 6 heteroatoms. The SMILES string of the molecule is COCCOc1ccc(C#N)nc1C(=O)CBr. The molecule has 1 aromatic rings. The summed E-state index contributed by atoms with van der Waals surface area (Å²) in [5, 5.41) is 8.86. The lowest BCUT2D eigenvalue weighted by atomic mass is 10.2. The van der Waals surface area contributed by atoms with Gasteiger partial charge in [0.05, 0.1) is 11.9 Å². The average molecular weight is 299 g/mol. The van der Waals surface area contributed by atoms with Crippen LogP contribution in [-0.2, 0) is 4.74 Å². The predicted molar refractivity (Wildman–Crippen MR) is 64.4 cm³/mol. The van der Waals surface area contributed by atoms with Gasteiger partial charge in [0, 0.05) is 7.11 Å². The lowest BCUT2D eigenvalue weighted by molar-refractivity contribution is 0.101. The molecule has 0 aromatic carbocycles. The molecular weight excluding hydrogens is 288 g/mol. The van der Waals surface area contributed by atoms with E-state index < -0.39 is 0 Å². The van der Waals surface area contributed by atoms with Crippen LogP contribution in [0.5, 0.6) is 5.75 Å². The Bertz CT molecular complexity index is 443. The first-order valence-electron chi connectivity index (χ1n) is 4.85. The van der Waals surface area contributed by atoms with Crippen molar-refractivity contribution in [2.24, 2.45) is 0 Å². The number of pyridine rings is 1. The number of halogens is 1. The van der Waals surface area contributed by atoms with Gasteiger partial charge in [-0.25, -0.2) is 4.98 Å². The number of nitriles is 1. The molecule has 0 N–H and O–H groups in total. The number of rotatable bonds is 6. The Hall–Kier alpha value is -1.45. The molecule has 0 saturated carbocycles. The van der Waals surface area contributed by atoms with Crippen LogP contribution in [0.25, 0.3) is 0 Å². The van der Waals surface area contributed by atoms with Gasteiger partial charge in [-0.05, 0) is 12.1 Å². The Balaban J connectivity index is 2.95. The van der Waals surface area contributed by atoms with E-state index in [9.17, 15) is 4.79 Å². The van der Waals surface area contributed by atoms with E-state index in [4.69, 9.17) is 14.7 Å². The molecule has 0 aliphatic heterocycles. The monoisotopic (exact) mass is 298 g/mol. The summed E-state index contributed by atoms with van der Waals surface area (Å²) in [6.45, 7) is 0.745. The van der Waals surface area contributed by atoms with Gasteiger partial charge in [-0.2, -0.15) is 5.26 Å². The van der Waals surface area contributed by atoms with E-state index in [2.05, 4.69) is 20.9 Å². The van der Waals surface area contributed by atoms with E-state index in [-0.39, 0.29) is 22.5 Å². The van der Waals surface area contributed by atoms with Crippen molar-refractivity contribution in [1.29, 1.82) is 5.26 Å². The molecular formula is C11H11BrN2O3. The molecule has 1 rings (SSSR count). The minimum absolute atomic E-state index is 0.134. The molecule has 0 spiro atoms. The number of carbonyl (C=O) groups is 1. The minimum Gasteiger partial charge on any atom is -0.489 e. The van der Waals surface area contributed by atoms with E-state index in [0.29, 0.717) is 19.0 Å². The van der Waals surface area contributed by atoms with Gasteiger partial charge in [-0.1, -0.05) is 15.9 Å². The first-order valence-corrected chi connectivity index (χ1v) is 5.97. The molecule has 0 bridgehead atoms. The standard InChI is InChI=1S/C11H11BrN2O3/c1-16-4-5-17-10-3-2-8(7-13)14-11(10)9(15)6-12/h2-3H,4-6H2,1H3. The molecule has 1 aromatic heterocycles. The maximum atomic E-state index is 11.6. The molecule has 5 nitrogen and oxygen atoms in total. The number of hydrogen-bond acceptors (Lipinski definition) is 5. The quantitative estimate of drug-likeness (QED) is 0.453. The minimum atomic E-state index is -0.227. The zero-order chi connectivity index (χ0) is 12.7. The van der Waals surface area contributed by atoms with E-state index in [1.54, 1.807) is 13.2 Å². The molecule has 0 radical (unpaired) electrons. The van der Waals surface area contributed by atoms with Crippen LogP contribution in [0.15, 0.2) is 12.1 Å². The third-order valence-electron chi connectivity index (χ3n) is 1.90. The van der Waals surface area contributed by atoms with Gasteiger partial charge >= 0.3 is 0 Å². The number of aromatic nitrogens is 1. The first-order chi connectivity index (χ1) is 8.22. The van der Waals surface area contributed by atoms with Crippen molar-refractivity contribution in [2.45, 2.75) is 0 Å². The first kappa shape index (κ1) is 13.6. The molecule has 0 amide bonds. The number of hydrogen-bond donors (Lipinski definition) is 0. The van der Waals surface area contributed by atoms with Crippen LogP contribution in [0.1, 0.15) is 16.2 Å². The molecule has 0 aliphatic carbocycles. The fraction of sp³-hybridized carbons (Fsp3) is 0.364. The Morgan fingerprint density at radius 1 is 1.53 bits per heavy atom. The number of carbonyl (C=O) groups excluding carboxylic acids is 1. The molecule has 0 aliphatic rings. The Kier molecular flexibility index (Phi) is 5.60.